The molecular weight excluding hydrogens is 525 g/mol. The van der Waals surface area contributed by atoms with Crippen molar-refractivity contribution in [1.82, 2.24) is 14.3 Å². The first-order valence-corrected chi connectivity index (χ1v) is 12.6. The fraction of sp³-hybridized carbons (Fsp3) is 0.310. The maximum Gasteiger partial charge on any atom is 0.282 e. The minimum absolute atomic E-state index is 0.0688. The fourth-order valence-electron chi connectivity index (χ4n) is 4.68. The van der Waals surface area contributed by atoms with Gasteiger partial charge >= 0.3 is 0 Å². The van der Waals surface area contributed by atoms with Gasteiger partial charge in [-0.25, -0.2) is 13.2 Å². The van der Waals surface area contributed by atoms with Crippen molar-refractivity contribution in [3.63, 3.8) is 0 Å². The van der Waals surface area contributed by atoms with E-state index in [0.717, 1.165) is 21.4 Å². The zero-order chi connectivity index (χ0) is 29.1. The summed E-state index contributed by atoms with van der Waals surface area (Å²) < 4.78 is 45.5. The van der Waals surface area contributed by atoms with E-state index in [1.807, 2.05) is 20.8 Å². The molecule has 1 saturated carbocycles. The summed E-state index contributed by atoms with van der Waals surface area (Å²) in [4.78, 5) is 38.4. The predicted molar refractivity (Wildman–Crippen MR) is 144 cm³/mol. The monoisotopic (exact) mass is 552 g/mol. The van der Waals surface area contributed by atoms with Gasteiger partial charge in [-0.05, 0) is 47.2 Å². The molecule has 0 radical (unpaired) electrons. The summed E-state index contributed by atoms with van der Waals surface area (Å²) in [6.07, 6.45) is 1.47. The Hall–Kier alpha value is -4.25. The van der Waals surface area contributed by atoms with E-state index in [1.54, 1.807) is 6.07 Å². The molecule has 1 aliphatic carbocycles. The highest BCUT2D eigenvalue weighted by molar-refractivity contribution is 5.95. The predicted octanol–water partition coefficient (Wildman–Crippen LogP) is 4.12. The first kappa shape index (κ1) is 27.3. The molecule has 0 unspecified atom stereocenters. The molecule has 0 bridgehead atoms. The van der Waals surface area contributed by atoms with E-state index in [1.165, 1.54) is 31.6 Å². The number of pyridine rings is 1. The molecule has 0 saturated heterocycles. The van der Waals surface area contributed by atoms with Gasteiger partial charge in [-0.1, -0.05) is 20.8 Å². The summed E-state index contributed by atoms with van der Waals surface area (Å²) in [5.74, 6) is -3.03. The van der Waals surface area contributed by atoms with Crippen LogP contribution in [0.25, 0.3) is 27.6 Å². The number of rotatable bonds is 5. The SMILES string of the molecule is Cn1cc(-c2cc(F)cc(-n3ncc4cc(C(C)(C)C)cc(F)c4c3=O)c2CO)cc(NC(=O)[C@@H]2C[C@@H]2F)c1=O. The average molecular weight is 553 g/mol. The van der Waals surface area contributed by atoms with Gasteiger partial charge in [0.05, 0.1) is 29.8 Å². The maximum atomic E-state index is 15.2. The van der Waals surface area contributed by atoms with Crippen LogP contribution in [0.2, 0.25) is 0 Å². The Kier molecular flexibility index (Phi) is 6.65. The highest BCUT2D eigenvalue weighted by atomic mass is 19.1. The molecule has 2 N–H and O–H groups in total. The topological polar surface area (TPSA) is 106 Å². The van der Waals surface area contributed by atoms with E-state index >= 15 is 4.39 Å². The number of aryl methyl sites for hydroxylation is 1. The van der Waals surface area contributed by atoms with E-state index < -0.39 is 47.4 Å². The van der Waals surface area contributed by atoms with Gasteiger partial charge in [-0.2, -0.15) is 9.78 Å². The number of hydrogen-bond acceptors (Lipinski definition) is 5. The van der Waals surface area contributed by atoms with Gasteiger partial charge in [0, 0.05) is 35.8 Å². The molecule has 2 atom stereocenters. The zero-order valence-corrected chi connectivity index (χ0v) is 22.3. The molecule has 0 spiro atoms. The molecule has 40 heavy (non-hydrogen) atoms. The maximum absolute atomic E-state index is 15.2. The van der Waals surface area contributed by atoms with Gasteiger partial charge in [0.2, 0.25) is 5.91 Å². The van der Waals surface area contributed by atoms with Gasteiger partial charge < -0.3 is 15.0 Å². The molecule has 1 aliphatic rings. The third-order valence-corrected chi connectivity index (χ3v) is 7.08. The minimum atomic E-state index is -1.27. The summed E-state index contributed by atoms with van der Waals surface area (Å²) in [5, 5.41) is 16.9. The Balaban J connectivity index is 1.67. The number of aliphatic hydroxyl groups is 1. The third-order valence-electron chi connectivity index (χ3n) is 7.08. The van der Waals surface area contributed by atoms with Crippen LogP contribution in [0.3, 0.4) is 0 Å². The van der Waals surface area contributed by atoms with E-state index in [0.29, 0.717) is 5.56 Å². The van der Waals surface area contributed by atoms with Crippen LogP contribution in [0, 0.1) is 17.6 Å². The largest absolute Gasteiger partial charge is 0.392 e. The van der Waals surface area contributed by atoms with Crippen LogP contribution in [0.1, 0.15) is 38.3 Å². The summed E-state index contributed by atoms with van der Waals surface area (Å²) in [5.41, 5.74) is -1.01. The molecule has 2 heterocycles. The number of alkyl halides is 1. The summed E-state index contributed by atoms with van der Waals surface area (Å²) in [6.45, 7) is 5.05. The van der Waals surface area contributed by atoms with E-state index in [-0.39, 0.29) is 50.7 Å². The van der Waals surface area contributed by atoms with Crippen molar-refractivity contribution in [2.45, 2.75) is 45.4 Å². The number of aliphatic hydroxyl groups excluding tert-OH is 1. The molecule has 1 fully saturated rings. The number of nitrogens with one attached hydrogen (secondary N) is 1. The molecular formula is C29H27F3N4O4. The standard InChI is InChI=1S/C29H27F3N4O4/c1-29(2,3)16-5-14-11-33-36(28(40)25(14)22(32)7-16)24-9-17(30)8-18(20(24)13-37)15-6-23(27(39)35(4)12-15)34-26(38)19-10-21(19)31/h5-9,11-12,19,21,37H,10,13H2,1-4H3,(H,34,38)/t19-,21+/m1/s1. The van der Waals surface area contributed by atoms with Gasteiger partial charge in [0.25, 0.3) is 11.1 Å². The Bertz CT molecular complexity index is 1810. The number of carbonyl (C=O) groups is 1. The number of fused-ring (bicyclic) bond motifs is 1. The van der Waals surface area contributed by atoms with Crippen molar-refractivity contribution in [1.29, 1.82) is 0 Å². The first-order valence-electron chi connectivity index (χ1n) is 12.6. The van der Waals surface area contributed by atoms with Gasteiger partial charge in [-0.3, -0.25) is 14.4 Å². The van der Waals surface area contributed by atoms with Crippen LogP contribution in [-0.4, -0.2) is 31.5 Å². The second-order valence-corrected chi connectivity index (χ2v) is 11.0. The van der Waals surface area contributed by atoms with Crippen LogP contribution in [-0.2, 0) is 23.9 Å². The number of benzene rings is 2. The third kappa shape index (κ3) is 4.81. The minimum Gasteiger partial charge on any atom is -0.392 e. The van der Waals surface area contributed by atoms with Crippen LogP contribution < -0.4 is 16.4 Å². The Labute approximate surface area is 226 Å². The second-order valence-electron chi connectivity index (χ2n) is 11.0. The lowest BCUT2D eigenvalue weighted by atomic mass is 9.86. The Morgan fingerprint density at radius 2 is 1.82 bits per heavy atom. The van der Waals surface area contributed by atoms with E-state index in [2.05, 4.69) is 10.4 Å². The van der Waals surface area contributed by atoms with Crippen molar-refractivity contribution in [3.05, 3.63) is 86.2 Å². The highest BCUT2D eigenvalue weighted by Gasteiger charge is 2.43. The lowest BCUT2D eigenvalue weighted by Crippen LogP contribution is -2.26. The lowest BCUT2D eigenvalue weighted by Gasteiger charge is -2.20. The molecule has 11 heteroatoms. The van der Waals surface area contributed by atoms with Crippen molar-refractivity contribution in [2.75, 3.05) is 5.32 Å². The van der Waals surface area contributed by atoms with Crippen LogP contribution >= 0.6 is 0 Å². The quantitative estimate of drug-likeness (QED) is 0.388. The van der Waals surface area contributed by atoms with Gasteiger partial charge in [-0.15, -0.1) is 0 Å². The van der Waals surface area contributed by atoms with Crippen molar-refractivity contribution in [3.8, 4) is 16.8 Å². The number of aromatic nitrogens is 3. The fourth-order valence-corrected chi connectivity index (χ4v) is 4.68. The molecule has 208 valence electrons. The molecule has 1 amide bonds. The number of nitrogens with zero attached hydrogens (tertiary/aromatic N) is 3. The summed E-state index contributed by atoms with van der Waals surface area (Å²) >= 11 is 0. The first-order chi connectivity index (χ1) is 18.8. The smallest absolute Gasteiger partial charge is 0.282 e. The van der Waals surface area contributed by atoms with E-state index in [9.17, 15) is 28.3 Å². The average Bonchev–Trinajstić information content (AvgIpc) is 3.62. The van der Waals surface area contributed by atoms with Crippen LogP contribution in [0.4, 0.5) is 18.9 Å². The molecule has 2 aromatic carbocycles. The second kappa shape index (κ2) is 9.74. The van der Waals surface area contributed by atoms with Crippen molar-refractivity contribution < 1.29 is 23.1 Å². The van der Waals surface area contributed by atoms with E-state index in [4.69, 9.17) is 0 Å². The van der Waals surface area contributed by atoms with Gasteiger partial charge in [0.15, 0.2) is 0 Å². The Morgan fingerprint density at radius 1 is 1.12 bits per heavy atom. The number of amides is 1. The number of anilines is 1. The van der Waals surface area contributed by atoms with Crippen LogP contribution in [0.5, 0.6) is 0 Å². The molecule has 4 aromatic rings. The number of hydrogen-bond donors (Lipinski definition) is 2. The molecule has 5 rings (SSSR count). The molecule has 2 aromatic heterocycles. The van der Waals surface area contributed by atoms with Crippen LogP contribution in [0.15, 0.2) is 52.3 Å². The number of halogens is 3. The molecule has 0 aliphatic heterocycles. The zero-order valence-electron chi connectivity index (χ0n) is 22.3. The Morgan fingerprint density at radius 3 is 2.45 bits per heavy atom. The normalized spacial score (nSPS) is 16.8. The summed E-state index contributed by atoms with van der Waals surface area (Å²) in [7, 11) is 1.42. The van der Waals surface area contributed by atoms with Crippen molar-refractivity contribution >= 4 is 22.4 Å². The lowest BCUT2D eigenvalue weighted by molar-refractivity contribution is -0.117. The highest BCUT2D eigenvalue weighted by Crippen LogP contribution is 2.35. The van der Waals surface area contributed by atoms with Gasteiger partial charge in [0.1, 0.15) is 23.5 Å². The molecule has 8 nitrogen and oxygen atoms in total. The summed E-state index contributed by atoms with van der Waals surface area (Å²) in [6, 6.07) is 6.34. The van der Waals surface area contributed by atoms with Crippen molar-refractivity contribution in [2.24, 2.45) is 13.0 Å². The number of carbonyl (C=O) groups excluding carboxylic acids is 1.